The van der Waals surface area contributed by atoms with Gasteiger partial charge in [-0.15, -0.1) is 0 Å². The van der Waals surface area contributed by atoms with Gasteiger partial charge in [0.1, 0.15) is 30.4 Å². The molecule has 0 bridgehead atoms. The molecule has 0 aliphatic carbocycles. The quantitative estimate of drug-likeness (QED) is 0.925. The van der Waals surface area contributed by atoms with Crippen molar-refractivity contribution in [2.75, 3.05) is 13.2 Å². The summed E-state index contributed by atoms with van der Waals surface area (Å²) in [6.45, 7) is 2.37. The molecule has 2 aromatic rings. The fourth-order valence-electron chi connectivity index (χ4n) is 2.35. The number of fused-ring (bicyclic) bond motifs is 1. The standard InChI is InChI=1S/C16H14F2O3/c1-16(19,11-6-12(17)9-13(18)7-11)10-2-3-14-15(8-10)21-5-4-20-14/h2-3,6-9,19H,4-5H2,1H3. The maximum atomic E-state index is 13.4. The summed E-state index contributed by atoms with van der Waals surface area (Å²) < 4.78 is 37.6. The van der Waals surface area contributed by atoms with E-state index < -0.39 is 17.2 Å². The van der Waals surface area contributed by atoms with Crippen molar-refractivity contribution >= 4 is 0 Å². The third-order valence-corrected chi connectivity index (χ3v) is 3.53. The van der Waals surface area contributed by atoms with E-state index in [0.29, 0.717) is 30.3 Å². The highest BCUT2D eigenvalue weighted by Crippen LogP contribution is 2.37. The fourth-order valence-corrected chi connectivity index (χ4v) is 2.35. The number of aliphatic hydroxyl groups is 1. The van der Waals surface area contributed by atoms with Crippen molar-refractivity contribution in [3.63, 3.8) is 0 Å². The molecule has 1 N–H and O–H groups in total. The Bertz CT molecular complexity index is 663. The number of hydrogen-bond donors (Lipinski definition) is 1. The maximum absolute atomic E-state index is 13.4. The van der Waals surface area contributed by atoms with Gasteiger partial charge in [0.25, 0.3) is 0 Å². The van der Waals surface area contributed by atoms with Gasteiger partial charge in [0, 0.05) is 6.07 Å². The Balaban J connectivity index is 2.04. The number of ether oxygens (including phenoxy) is 2. The molecule has 0 aromatic heterocycles. The minimum atomic E-state index is -1.54. The normalized spacial score (nSPS) is 16.4. The molecule has 0 saturated heterocycles. The van der Waals surface area contributed by atoms with Crippen LogP contribution in [0.2, 0.25) is 0 Å². The first kappa shape index (κ1) is 13.8. The van der Waals surface area contributed by atoms with Gasteiger partial charge < -0.3 is 14.6 Å². The number of benzene rings is 2. The highest BCUT2D eigenvalue weighted by atomic mass is 19.1. The van der Waals surface area contributed by atoms with E-state index in [0.717, 1.165) is 18.2 Å². The van der Waals surface area contributed by atoms with Crippen LogP contribution in [0, 0.1) is 11.6 Å². The summed E-state index contributed by atoms with van der Waals surface area (Å²) in [5.74, 6) is -0.368. The van der Waals surface area contributed by atoms with Gasteiger partial charge in [-0.2, -0.15) is 0 Å². The molecule has 0 saturated carbocycles. The maximum Gasteiger partial charge on any atom is 0.161 e. The van der Waals surface area contributed by atoms with Gasteiger partial charge in [0.05, 0.1) is 0 Å². The van der Waals surface area contributed by atoms with Crippen molar-refractivity contribution in [3.8, 4) is 11.5 Å². The van der Waals surface area contributed by atoms with Crippen molar-refractivity contribution in [2.24, 2.45) is 0 Å². The third-order valence-electron chi connectivity index (χ3n) is 3.53. The predicted molar refractivity (Wildman–Crippen MR) is 72.5 cm³/mol. The first-order valence-electron chi connectivity index (χ1n) is 6.56. The van der Waals surface area contributed by atoms with Crippen molar-refractivity contribution in [1.82, 2.24) is 0 Å². The van der Waals surface area contributed by atoms with Crippen LogP contribution < -0.4 is 9.47 Å². The van der Waals surface area contributed by atoms with E-state index in [-0.39, 0.29) is 5.56 Å². The summed E-state index contributed by atoms with van der Waals surface area (Å²) in [6, 6.07) is 7.94. The summed E-state index contributed by atoms with van der Waals surface area (Å²) in [5.41, 5.74) is -0.938. The third kappa shape index (κ3) is 2.56. The average molecular weight is 292 g/mol. The minimum absolute atomic E-state index is 0.136. The van der Waals surface area contributed by atoms with Crippen LogP contribution in [-0.4, -0.2) is 18.3 Å². The van der Waals surface area contributed by atoms with Crippen LogP contribution in [0.4, 0.5) is 8.78 Å². The van der Waals surface area contributed by atoms with Crippen LogP contribution >= 0.6 is 0 Å². The van der Waals surface area contributed by atoms with E-state index in [4.69, 9.17) is 9.47 Å². The van der Waals surface area contributed by atoms with Gasteiger partial charge in [-0.3, -0.25) is 0 Å². The highest BCUT2D eigenvalue weighted by Gasteiger charge is 2.28. The first-order chi connectivity index (χ1) is 9.96. The molecule has 1 aliphatic rings. The molecule has 1 atom stereocenters. The Morgan fingerprint density at radius 1 is 0.905 bits per heavy atom. The van der Waals surface area contributed by atoms with E-state index in [2.05, 4.69) is 0 Å². The van der Waals surface area contributed by atoms with Crippen LogP contribution in [0.3, 0.4) is 0 Å². The monoisotopic (exact) mass is 292 g/mol. The zero-order valence-electron chi connectivity index (χ0n) is 11.4. The zero-order valence-corrected chi connectivity index (χ0v) is 11.4. The Hall–Kier alpha value is -2.14. The van der Waals surface area contributed by atoms with E-state index in [1.165, 1.54) is 6.92 Å². The molecule has 0 radical (unpaired) electrons. The molecule has 1 unspecified atom stereocenters. The Kier molecular flexibility index (Phi) is 3.29. The van der Waals surface area contributed by atoms with Gasteiger partial charge in [-0.1, -0.05) is 6.07 Å². The number of hydrogen-bond acceptors (Lipinski definition) is 3. The fraction of sp³-hybridized carbons (Fsp3) is 0.250. The average Bonchev–Trinajstić information content (AvgIpc) is 2.45. The second kappa shape index (κ2) is 5.00. The SMILES string of the molecule is CC(O)(c1cc(F)cc(F)c1)c1ccc2c(c1)OCCO2. The van der Waals surface area contributed by atoms with Gasteiger partial charge in [-0.05, 0) is 42.3 Å². The minimum Gasteiger partial charge on any atom is -0.486 e. The van der Waals surface area contributed by atoms with Crippen molar-refractivity contribution in [2.45, 2.75) is 12.5 Å². The summed E-state index contributed by atoms with van der Waals surface area (Å²) in [4.78, 5) is 0. The second-order valence-electron chi connectivity index (χ2n) is 5.09. The number of rotatable bonds is 2. The molecule has 1 aliphatic heterocycles. The molecule has 5 heteroatoms. The molecule has 0 fully saturated rings. The van der Waals surface area contributed by atoms with Gasteiger partial charge in [0.2, 0.25) is 0 Å². The lowest BCUT2D eigenvalue weighted by Gasteiger charge is -2.27. The van der Waals surface area contributed by atoms with E-state index in [1.54, 1.807) is 18.2 Å². The molecular weight excluding hydrogens is 278 g/mol. The van der Waals surface area contributed by atoms with Crippen molar-refractivity contribution in [3.05, 3.63) is 59.2 Å². The summed E-state index contributed by atoms with van der Waals surface area (Å²) in [6.07, 6.45) is 0. The zero-order chi connectivity index (χ0) is 15.0. The Morgan fingerprint density at radius 3 is 2.19 bits per heavy atom. The van der Waals surface area contributed by atoms with E-state index >= 15 is 0 Å². The van der Waals surface area contributed by atoms with Gasteiger partial charge in [0.15, 0.2) is 11.5 Å². The molecule has 3 rings (SSSR count). The largest absolute Gasteiger partial charge is 0.486 e. The first-order valence-corrected chi connectivity index (χ1v) is 6.56. The summed E-state index contributed by atoms with van der Waals surface area (Å²) in [5, 5.41) is 10.7. The molecule has 1 heterocycles. The smallest absolute Gasteiger partial charge is 0.161 e. The summed E-state index contributed by atoms with van der Waals surface area (Å²) in [7, 11) is 0. The van der Waals surface area contributed by atoms with E-state index in [1.807, 2.05) is 0 Å². The van der Waals surface area contributed by atoms with Crippen molar-refractivity contribution < 1.29 is 23.4 Å². The lowest BCUT2D eigenvalue weighted by atomic mass is 9.88. The highest BCUT2D eigenvalue weighted by molar-refractivity contribution is 5.47. The van der Waals surface area contributed by atoms with Crippen LogP contribution in [0.1, 0.15) is 18.1 Å². The van der Waals surface area contributed by atoms with Crippen LogP contribution in [0.5, 0.6) is 11.5 Å². The molecule has 3 nitrogen and oxygen atoms in total. The molecule has 0 amide bonds. The van der Waals surface area contributed by atoms with E-state index in [9.17, 15) is 13.9 Å². The molecule has 0 spiro atoms. The predicted octanol–water partition coefficient (Wildman–Crippen LogP) is 2.99. The molecule has 2 aromatic carbocycles. The van der Waals surface area contributed by atoms with Gasteiger partial charge >= 0.3 is 0 Å². The van der Waals surface area contributed by atoms with Crippen molar-refractivity contribution in [1.29, 1.82) is 0 Å². The lowest BCUT2D eigenvalue weighted by Crippen LogP contribution is -2.24. The van der Waals surface area contributed by atoms with Gasteiger partial charge in [-0.25, -0.2) is 8.78 Å². The Morgan fingerprint density at radius 2 is 1.52 bits per heavy atom. The number of halogens is 2. The van der Waals surface area contributed by atoms with Crippen LogP contribution in [0.25, 0.3) is 0 Å². The topological polar surface area (TPSA) is 38.7 Å². The van der Waals surface area contributed by atoms with Crippen LogP contribution in [0.15, 0.2) is 36.4 Å². The molecule has 110 valence electrons. The molecule has 21 heavy (non-hydrogen) atoms. The summed E-state index contributed by atoms with van der Waals surface area (Å²) >= 11 is 0. The Labute approximate surface area is 120 Å². The lowest BCUT2D eigenvalue weighted by molar-refractivity contribution is 0.100. The van der Waals surface area contributed by atoms with Crippen LogP contribution in [-0.2, 0) is 5.60 Å². The second-order valence-corrected chi connectivity index (χ2v) is 5.09. The molecular formula is C16H14F2O3.